The van der Waals surface area contributed by atoms with E-state index in [1.54, 1.807) is 0 Å². The Hall–Kier alpha value is -0.0405. The Morgan fingerprint density at radius 2 is 1.27 bits per heavy atom. The monoisotopic (exact) mass is 412 g/mol. The molecule has 2 unspecified atom stereocenters. The van der Waals surface area contributed by atoms with Gasteiger partial charge in [-0.2, -0.15) is 0 Å². The average Bonchev–Trinajstić information content (AvgIpc) is 2.31. The first kappa shape index (κ1) is 29.9. The topological polar surface area (TPSA) is 245 Å². The Morgan fingerprint density at radius 3 is 1.50 bits per heavy atom. The second-order valence-electron chi connectivity index (χ2n) is 2.94. The zero-order valence-electron chi connectivity index (χ0n) is 10.5. The fourth-order valence-electron chi connectivity index (χ4n) is 0.420. The molecule has 0 aromatic carbocycles. The van der Waals surface area contributed by atoms with E-state index in [1.165, 1.54) is 0 Å². The van der Waals surface area contributed by atoms with Crippen LogP contribution >= 0.6 is 15.6 Å². The minimum absolute atomic E-state index is 0. The molecule has 16 heteroatoms. The van der Waals surface area contributed by atoms with Crippen LogP contribution in [0.25, 0.3) is 0 Å². The minimum atomic E-state index is -5.05. The third kappa shape index (κ3) is 28.2. The maximum Gasteiger partial charge on any atom is 2.00 e. The molecule has 0 aliphatic heterocycles. The molecule has 0 amide bonds. The van der Waals surface area contributed by atoms with Crippen LogP contribution in [0.15, 0.2) is 0 Å². The van der Waals surface area contributed by atoms with Gasteiger partial charge in [0.15, 0.2) is 12.6 Å². The van der Waals surface area contributed by atoms with Crippen LogP contribution < -0.4 is 9.79 Å². The number of rotatable bonds is 8. The molecule has 0 spiro atoms. The zero-order valence-corrected chi connectivity index (χ0v) is 13.4. The van der Waals surface area contributed by atoms with E-state index < -0.39 is 41.1 Å². The van der Waals surface area contributed by atoms with Crippen molar-refractivity contribution in [2.45, 2.75) is 12.2 Å². The Balaban J connectivity index is -0.000000135. The summed E-state index contributed by atoms with van der Waals surface area (Å²) in [4.78, 5) is 54.6. The zero-order chi connectivity index (χ0) is 16.4. The summed E-state index contributed by atoms with van der Waals surface area (Å²) in [5, 5.41) is 16.7. The summed E-state index contributed by atoms with van der Waals surface area (Å²) in [6.07, 6.45) is -2.85. The van der Waals surface area contributed by atoms with Crippen LogP contribution in [0.4, 0.5) is 0 Å². The molecule has 22 heavy (non-hydrogen) atoms. The quantitative estimate of drug-likeness (QED) is 0.167. The molecule has 134 valence electrons. The van der Waals surface area contributed by atoms with Gasteiger partial charge in [0.05, 0.1) is 21.0 Å². The largest absolute Gasteiger partial charge is 2.00 e. The molecular weight excluding hydrogens is 398 g/mol. The normalized spacial score (nSPS) is 13.4. The Bertz CT molecular complexity index is 341. The van der Waals surface area contributed by atoms with Crippen LogP contribution in [0, 0.1) is 0 Å². The number of hydrogen-bond donors (Lipinski definition) is 4. The number of carbonyl (C=O) groups is 2. The van der Waals surface area contributed by atoms with Crippen LogP contribution in [-0.4, -0.2) is 63.5 Å². The molecule has 0 aromatic rings. The molecule has 0 fully saturated rings. The van der Waals surface area contributed by atoms with Gasteiger partial charge in [-0.25, -0.2) is 4.57 Å². The van der Waals surface area contributed by atoms with Crippen molar-refractivity contribution in [2.24, 2.45) is 0 Å². The van der Waals surface area contributed by atoms with Gasteiger partial charge >= 0.3 is 24.9 Å². The van der Waals surface area contributed by atoms with E-state index in [4.69, 9.17) is 20.0 Å². The van der Waals surface area contributed by atoms with Crippen molar-refractivity contribution in [1.82, 2.24) is 0 Å². The van der Waals surface area contributed by atoms with Crippen LogP contribution in [0.5, 0.6) is 0 Å². The van der Waals surface area contributed by atoms with E-state index in [9.17, 15) is 28.5 Å². The Kier molecular flexibility index (Phi) is 19.8. The number of aliphatic hydroxyl groups excluding tert-OH is 2. The summed E-state index contributed by atoms with van der Waals surface area (Å²) in [7, 11) is -9.60. The second-order valence-corrected chi connectivity index (χ2v) is 5.33. The number of hydrogen-bond acceptors (Lipinski definition) is 10. The van der Waals surface area contributed by atoms with Gasteiger partial charge < -0.3 is 53.9 Å². The SMILES string of the molecule is O.O=CC(O)COP(=O)(O)O.O=CC(O)COP(=O)([O-])[O-].[Fe+2]. The molecular formula is C6H14FeO13P2. The van der Waals surface area contributed by atoms with Gasteiger partial charge in [0.25, 0.3) is 0 Å². The van der Waals surface area contributed by atoms with Crippen LogP contribution in [0.2, 0.25) is 0 Å². The summed E-state index contributed by atoms with van der Waals surface area (Å²) in [6, 6.07) is 0. The maximum atomic E-state index is 9.90. The fourth-order valence-corrected chi connectivity index (χ4v) is 1.10. The molecule has 0 aliphatic carbocycles. The summed E-state index contributed by atoms with van der Waals surface area (Å²) >= 11 is 0. The van der Waals surface area contributed by atoms with E-state index in [0.29, 0.717) is 0 Å². The number of aliphatic hydroxyl groups is 2. The molecule has 0 aliphatic rings. The molecule has 0 saturated heterocycles. The van der Waals surface area contributed by atoms with Crippen molar-refractivity contribution in [3.8, 4) is 0 Å². The minimum Gasteiger partial charge on any atom is -0.790 e. The first-order valence-corrected chi connectivity index (χ1v) is 7.53. The molecule has 6 N–H and O–H groups in total. The van der Waals surface area contributed by atoms with E-state index in [1.807, 2.05) is 0 Å². The third-order valence-corrected chi connectivity index (χ3v) is 2.08. The van der Waals surface area contributed by atoms with Crippen molar-refractivity contribution in [1.29, 1.82) is 0 Å². The summed E-state index contributed by atoms with van der Waals surface area (Å²) < 4.78 is 26.9. The Morgan fingerprint density at radius 1 is 0.955 bits per heavy atom. The Labute approximate surface area is 134 Å². The molecule has 0 aromatic heterocycles. The number of phosphoric acid groups is 2. The van der Waals surface area contributed by atoms with Crippen molar-refractivity contribution < 1.29 is 80.1 Å². The first-order valence-electron chi connectivity index (χ1n) is 4.54. The summed E-state index contributed by atoms with van der Waals surface area (Å²) in [5.74, 6) is 0. The fraction of sp³-hybridized carbons (Fsp3) is 0.667. The summed E-state index contributed by atoms with van der Waals surface area (Å²) in [6.45, 7) is -1.50. The predicted molar refractivity (Wildman–Crippen MR) is 59.3 cm³/mol. The van der Waals surface area contributed by atoms with Gasteiger partial charge in [0, 0.05) is 0 Å². The molecule has 0 radical (unpaired) electrons. The summed E-state index contributed by atoms with van der Waals surface area (Å²) in [5.41, 5.74) is 0. The van der Waals surface area contributed by atoms with Gasteiger partial charge in [-0.05, 0) is 0 Å². The average molecular weight is 412 g/mol. The smallest absolute Gasteiger partial charge is 0.790 e. The number of carbonyl (C=O) groups excluding carboxylic acids is 2. The molecule has 13 nitrogen and oxygen atoms in total. The number of aldehydes is 2. The van der Waals surface area contributed by atoms with Crippen molar-refractivity contribution in [3.05, 3.63) is 0 Å². The van der Waals surface area contributed by atoms with Crippen LogP contribution in [-0.2, 0) is 44.8 Å². The second kappa shape index (κ2) is 14.5. The van der Waals surface area contributed by atoms with E-state index in [2.05, 4.69) is 9.05 Å². The van der Waals surface area contributed by atoms with Gasteiger partial charge in [-0.15, -0.1) is 0 Å². The maximum absolute atomic E-state index is 9.90. The van der Waals surface area contributed by atoms with E-state index in [-0.39, 0.29) is 35.1 Å². The van der Waals surface area contributed by atoms with E-state index in [0.717, 1.165) is 0 Å². The molecule has 0 bridgehead atoms. The van der Waals surface area contributed by atoms with Crippen molar-refractivity contribution in [3.63, 3.8) is 0 Å². The van der Waals surface area contributed by atoms with Crippen LogP contribution in [0.1, 0.15) is 0 Å². The van der Waals surface area contributed by atoms with Crippen LogP contribution in [0.3, 0.4) is 0 Å². The predicted octanol–water partition coefficient (Wildman–Crippen LogP) is -4.78. The van der Waals surface area contributed by atoms with Crippen molar-refractivity contribution >= 4 is 28.2 Å². The standard InChI is InChI=1S/2C3H7O6P.Fe.H2O/c2*4-1-3(5)2-9-10(6,7)8;;/h2*1,3,5H,2H2,(H2,6,7,8);;1H2/q;;+2;/p-2. The van der Waals surface area contributed by atoms with Crippen molar-refractivity contribution in [2.75, 3.05) is 13.2 Å². The molecule has 0 saturated carbocycles. The third-order valence-electron chi connectivity index (χ3n) is 1.13. The number of phosphoric ester groups is 2. The van der Waals surface area contributed by atoms with E-state index >= 15 is 0 Å². The van der Waals surface area contributed by atoms with Gasteiger partial charge in [-0.1, -0.05) is 0 Å². The molecule has 0 rings (SSSR count). The molecule has 2 atom stereocenters. The van der Waals surface area contributed by atoms with Gasteiger partial charge in [-0.3, -0.25) is 4.52 Å². The molecule has 0 heterocycles. The van der Waals surface area contributed by atoms with Gasteiger partial charge in [0.1, 0.15) is 12.2 Å². The first-order chi connectivity index (χ1) is 8.91. The van der Waals surface area contributed by atoms with Gasteiger partial charge in [0.2, 0.25) is 0 Å².